The summed E-state index contributed by atoms with van der Waals surface area (Å²) in [5, 5.41) is 8.41. The lowest BCUT2D eigenvalue weighted by Gasteiger charge is -1.69. The van der Waals surface area contributed by atoms with Crippen LogP contribution in [0.15, 0.2) is 0 Å². The van der Waals surface area contributed by atoms with E-state index < -0.39 is 12.6 Å². The van der Waals surface area contributed by atoms with Gasteiger partial charge in [-0.25, -0.2) is 9.18 Å². The minimum absolute atomic E-state index is 1.06. The molecule has 0 aliphatic rings. The first kappa shape index (κ1) is 10.8. The van der Waals surface area contributed by atoms with Crippen LogP contribution in [0.25, 0.3) is 0 Å². The molecular weight excluding hydrogens is 179 g/mol. The third-order valence-electron chi connectivity index (χ3n) is 0.114. The van der Waals surface area contributed by atoms with Gasteiger partial charge in [0.05, 0.1) is 0 Å². The summed E-state index contributed by atoms with van der Waals surface area (Å²) in [4.78, 5) is 8.99. The molecule has 0 unspecified atom stereocenters. The van der Waals surface area contributed by atoms with Crippen molar-refractivity contribution in [2.45, 2.75) is 6.92 Å². The van der Waals surface area contributed by atoms with Crippen LogP contribution < -0.4 is 0 Å². The third kappa shape index (κ3) is 39.6. The highest BCUT2D eigenvalue weighted by molar-refractivity contribution is 9.09. The SMILES string of the molecule is CCBr.O=C(O)CF. The quantitative estimate of drug-likeness (QED) is 0.630. The van der Waals surface area contributed by atoms with Gasteiger partial charge in [-0.15, -0.1) is 0 Å². The predicted octanol–water partition coefficient (Wildman–Crippen LogP) is 1.44. The molecule has 0 spiro atoms. The maximum Gasteiger partial charge on any atom is 0.335 e. The van der Waals surface area contributed by atoms with Gasteiger partial charge in [-0.05, 0) is 0 Å². The zero-order valence-corrected chi connectivity index (χ0v) is 6.11. The first-order valence-corrected chi connectivity index (χ1v) is 3.14. The van der Waals surface area contributed by atoms with Crippen molar-refractivity contribution in [2.75, 3.05) is 12.0 Å². The maximum atomic E-state index is 10.5. The van der Waals surface area contributed by atoms with E-state index in [4.69, 9.17) is 9.90 Å². The van der Waals surface area contributed by atoms with E-state index in [2.05, 4.69) is 15.9 Å². The van der Waals surface area contributed by atoms with Gasteiger partial charge in [0.25, 0.3) is 0 Å². The van der Waals surface area contributed by atoms with Crippen LogP contribution in [-0.2, 0) is 4.79 Å². The van der Waals surface area contributed by atoms with Gasteiger partial charge >= 0.3 is 5.97 Å². The molecule has 0 saturated heterocycles. The molecular formula is C4H8BrFO2. The smallest absolute Gasteiger partial charge is 0.335 e. The lowest BCUT2D eigenvalue weighted by molar-refractivity contribution is -0.137. The Bertz CT molecular complexity index is 58.0. The van der Waals surface area contributed by atoms with Gasteiger partial charge in [-0.3, -0.25) is 0 Å². The van der Waals surface area contributed by atoms with Crippen molar-refractivity contribution in [3.8, 4) is 0 Å². The summed E-state index contributed by atoms with van der Waals surface area (Å²) in [6, 6.07) is 0. The van der Waals surface area contributed by atoms with Crippen molar-refractivity contribution in [2.24, 2.45) is 0 Å². The van der Waals surface area contributed by atoms with E-state index in [-0.39, 0.29) is 0 Å². The molecule has 0 amide bonds. The standard InChI is InChI=1S/C2H5Br.C2H3FO2/c1-2-3;3-1-2(4)5/h2H2,1H3;1H2,(H,4,5). The Morgan fingerprint density at radius 2 is 2.00 bits per heavy atom. The van der Waals surface area contributed by atoms with Gasteiger partial charge < -0.3 is 5.11 Å². The zero-order valence-electron chi connectivity index (χ0n) is 4.53. The molecule has 0 aromatic rings. The van der Waals surface area contributed by atoms with Crippen LogP contribution in [0.5, 0.6) is 0 Å². The Hall–Kier alpha value is -0.120. The Labute approximate surface area is 55.8 Å². The second-order valence-corrected chi connectivity index (χ2v) is 1.92. The van der Waals surface area contributed by atoms with Crippen LogP contribution in [0.2, 0.25) is 0 Å². The van der Waals surface area contributed by atoms with Crippen molar-refractivity contribution < 1.29 is 14.3 Å². The molecule has 50 valence electrons. The van der Waals surface area contributed by atoms with Gasteiger partial charge in [-0.1, -0.05) is 22.9 Å². The molecule has 0 aromatic heterocycles. The first-order valence-electron chi connectivity index (χ1n) is 2.02. The summed E-state index contributed by atoms with van der Waals surface area (Å²) in [6.07, 6.45) is 0. The molecule has 0 saturated carbocycles. The highest BCUT2D eigenvalue weighted by Gasteiger charge is 1.85. The number of carboxylic acid groups (broad SMARTS) is 1. The molecule has 0 fully saturated rings. The number of carbonyl (C=O) groups is 1. The molecule has 0 aliphatic carbocycles. The van der Waals surface area contributed by atoms with Crippen molar-refractivity contribution in [3.05, 3.63) is 0 Å². The van der Waals surface area contributed by atoms with E-state index in [0.29, 0.717) is 0 Å². The van der Waals surface area contributed by atoms with Crippen molar-refractivity contribution in [1.29, 1.82) is 0 Å². The molecule has 0 radical (unpaired) electrons. The Balaban J connectivity index is 0. The number of hydrogen-bond acceptors (Lipinski definition) is 1. The number of carboxylic acids is 1. The average Bonchev–Trinajstić information content (AvgIpc) is 1.69. The van der Waals surface area contributed by atoms with E-state index in [9.17, 15) is 4.39 Å². The van der Waals surface area contributed by atoms with Gasteiger partial charge in [0, 0.05) is 5.33 Å². The first-order chi connectivity index (χ1) is 3.68. The van der Waals surface area contributed by atoms with E-state index >= 15 is 0 Å². The fourth-order valence-corrected chi connectivity index (χ4v) is 0. The summed E-state index contributed by atoms with van der Waals surface area (Å²) in [5.41, 5.74) is 0. The van der Waals surface area contributed by atoms with E-state index in [1.807, 2.05) is 6.92 Å². The average molecular weight is 187 g/mol. The number of aliphatic carboxylic acids is 1. The van der Waals surface area contributed by atoms with Crippen molar-refractivity contribution in [1.82, 2.24) is 0 Å². The fraction of sp³-hybridized carbons (Fsp3) is 0.750. The molecule has 0 heterocycles. The van der Waals surface area contributed by atoms with Gasteiger partial charge in [-0.2, -0.15) is 0 Å². The molecule has 0 bridgehead atoms. The Kier molecular flexibility index (Phi) is 13.5. The minimum atomic E-state index is -1.41. The Morgan fingerprint density at radius 3 is 2.00 bits per heavy atom. The van der Waals surface area contributed by atoms with Crippen LogP contribution in [0.1, 0.15) is 6.92 Å². The van der Waals surface area contributed by atoms with Crippen LogP contribution in [-0.4, -0.2) is 23.1 Å². The third-order valence-corrected chi connectivity index (χ3v) is 0.114. The maximum absolute atomic E-state index is 10.5. The lowest BCUT2D eigenvalue weighted by Crippen LogP contribution is -1.93. The molecule has 1 N–H and O–H groups in total. The summed E-state index contributed by atoms with van der Waals surface area (Å²) >= 11 is 3.15. The largest absolute Gasteiger partial charge is 0.479 e. The van der Waals surface area contributed by atoms with Gasteiger partial charge in [0.15, 0.2) is 6.67 Å². The second kappa shape index (κ2) is 9.99. The molecule has 0 atom stereocenters. The summed E-state index contributed by atoms with van der Waals surface area (Å²) in [7, 11) is 0. The van der Waals surface area contributed by atoms with E-state index in [1.54, 1.807) is 0 Å². The van der Waals surface area contributed by atoms with Crippen LogP contribution in [0.4, 0.5) is 4.39 Å². The van der Waals surface area contributed by atoms with Crippen molar-refractivity contribution in [3.63, 3.8) is 0 Å². The molecule has 0 aromatic carbocycles. The molecule has 4 heteroatoms. The predicted molar refractivity (Wildman–Crippen MR) is 33.1 cm³/mol. The highest BCUT2D eigenvalue weighted by atomic mass is 79.9. The number of halogens is 2. The second-order valence-electron chi connectivity index (χ2n) is 0.795. The molecule has 2 nitrogen and oxygen atoms in total. The van der Waals surface area contributed by atoms with Crippen molar-refractivity contribution >= 4 is 21.9 Å². The molecule has 8 heavy (non-hydrogen) atoms. The lowest BCUT2D eigenvalue weighted by atomic mass is 10.8. The van der Waals surface area contributed by atoms with Crippen LogP contribution in [0.3, 0.4) is 0 Å². The minimum Gasteiger partial charge on any atom is -0.479 e. The summed E-state index contributed by atoms with van der Waals surface area (Å²) in [6.45, 7) is 0.764. The fourth-order valence-electron chi connectivity index (χ4n) is 0. The van der Waals surface area contributed by atoms with Gasteiger partial charge in [0.1, 0.15) is 0 Å². The number of hydrogen-bond donors (Lipinski definition) is 1. The topological polar surface area (TPSA) is 37.3 Å². The van der Waals surface area contributed by atoms with Crippen LogP contribution >= 0.6 is 15.9 Å². The summed E-state index contributed by atoms with van der Waals surface area (Å²) < 4.78 is 10.5. The van der Waals surface area contributed by atoms with Crippen LogP contribution in [0, 0.1) is 0 Å². The molecule has 0 aliphatic heterocycles. The number of rotatable bonds is 1. The van der Waals surface area contributed by atoms with Gasteiger partial charge in [0.2, 0.25) is 0 Å². The normalized spacial score (nSPS) is 6.88. The zero-order chi connectivity index (χ0) is 6.99. The monoisotopic (exact) mass is 186 g/mol. The summed E-state index contributed by atoms with van der Waals surface area (Å²) in [5.74, 6) is -1.41. The van der Waals surface area contributed by atoms with E-state index in [0.717, 1.165) is 5.33 Å². The molecule has 0 rings (SSSR count). The van der Waals surface area contributed by atoms with E-state index in [1.165, 1.54) is 0 Å². The number of alkyl halides is 2. The highest BCUT2D eigenvalue weighted by Crippen LogP contribution is 1.67. The Morgan fingerprint density at radius 1 is 1.88 bits per heavy atom.